The first kappa shape index (κ1) is 12.5. The number of fused-ring (bicyclic) bond motifs is 1. The Morgan fingerprint density at radius 3 is 3.16 bits per heavy atom. The van der Waals surface area contributed by atoms with Crippen LogP contribution in [0.15, 0.2) is 18.2 Å². The normalized spacial score (nSPS) is 21.9. The standard InChI is InChI=1S/C15H19NO3/c17-10-13-3-1-2-7-16(13)15(18)12-4-5-14-11(9-12)6-8-19-14/h4-5,9,13,17H,1-3,6-8,10H2. The number of aliphatic hydroxyl groups excluding tert-OH is 1. The molecule has 2 aliphatic rings. The molecule has 1 saturated heterocycles. The molecule has 19 heavy (non-hydrogen) atoms. The van der Waals surface area contributed by atoms with Gasteiger partial charge < -0.3 is 14.7 Å². The monoisotopic (exact) mass is 261 g/mol. The highest BCUT2D eigenvalue weighted by atomic mass is 16.5. The van der Waals surface area contributed by atoms with Gasteiger partial charge in [-0.3, -0.25) is 4.79 Å². The van der Waals surface area contributed by atoms with Gasteiger partial charge in [-0.05, 0) is 43.0 Å². The number of ether oxygens (including phenoxy) is 1. The lowest BCUT2D eigenvalue weighted by Crippen LogP contribution is -2.45. The van der Waals surface area contributed by atoms with Gasteiger partial charge >= 0.3 is 0 Å². The number of carbonyl (C=O) groups excluding carboxylic acids is 1. The number of rotatable bonds is 2. The number of aliphatic hydroxyl groups is 1. The van der Waals surface area contributed by atoms with Crippen LogP contribution in [0.1, 0.15) is 35.2 Å². The van der Waals surface area contributed by atoms with Crippen LogP contribution < -0.4 is 4.74 Å². The summed E-state index contributed by atoms with van der Waals surface area (Å²) in [6, 6.07) is 5.63. The lowest BCUT2D eigenvalue weighted by molar-refractivity contribution is 0.0503. The van der Waals surface area contributed by atoms with Gasteiger partial charge in [-0.2, -0.15) is 0 Å². The Morgan fingerprint density at radius 1 is 1.42 bits per heavy atom. The number of benzene rings is 1. The van der Waals surface area contributed by atoms with E-state index in [-0.39, 0.29) is 18.6 Å². The van der Waals surface area contributed by atoms with Gasteiger partial charge in [-0.1, -0.05) is 0 Å². The van der Waals surface area contributed by atoms with E-state index in [4.69, 9.17) is 4.74 Å². The second kappa shape index (κ2) is 5.21. The van der Waals surface area contributed by atoms with Crippen LogP contribution in [0.25, 0.3) is 0 Å². The van der Waals surface area contributed by atoms with Crippen LogP contribution >= 0.6 is 0 Å². The molecular formula is C15H19NO3. The highest BCUT2D eigenvalue weighted by Gasteiger charge is 2.27. The van der Waals surface area contributed by atoms with Crippen LogP contribution in [0.5, 0.6) is 5.75 Å². The molecular weight excluding hydrogens is 242 g/mol. The summed E-state index contributed by atoms with van der Waals surface area (Å²) in [6.45, 7) is 1.51. The van der Waals surface area contributed by atoms with Crippen molar-refractivity contribution in [3.05, 3.63) is 29.3 Å². The van der Waals surface area contributed by atoms with Crippen LogP contribution in [-0.4, -0.2) is 41.7 Å². The van der Waals surface area contributed by atoms with Crippen molar-refractivity contribution < 1.29 is 14.6 Å². The maximum absolute atomic E-state index is 12.5. The fourth-order valence-corrected chi connectivity index (χ4v) is 2.94. The van der Waals surface area contributed by atoms with Gasteiger partial charge in [0.2, 0.25) is 0 Å². The molecule has 0 aromatic heterocycles. The summed E-state index contributed by atoms with van der Waals surface area (Å²) < 4.78 is 5.46. The quantitative estimate of drug-likeness (QED) is 0.880. The second-order valence-electron chi connectivity index (χ2n) is 5.25. The van der Waals surface area contributed by atoms with Crippen LogP contribution in [0, 0.1) is 0 Å². The van der Waals surface area contributed by atoms with Crippen molar-refractivity contribution in [2.45, 2.75) is 31.7 Å². The molecule has 1 aromatic carbocycles. The summed E-state index contributed by atoms with van der Waals surface area (Å²) in [4.78, 5) is 14.4. The molecule has 102 valence electrons. The number of hydrogen-bond donors (Lipinski definition) is 1. The average molecular weight is 261 g/mol. The first-order valence-corrected chi connectivity index (χ1v) is 6.97. The molecule has 4 nitrogen and oxygen atoms in total. The van der Waals surface area contributed by atoms with E-state index >= 15 is 0 Å². The Bertz CT molecular complexity index is 486. The van der Waals surface area contributed by atoms with E-state index in [2.05, 4.69) is 0 Å². The zero-order valence-electron chi connectivity index (χ0n) is 11.0. The fourth-order valence-electron chi connectivity index (χ4n) is 2.94. The summed E-state index contributed by atoms with van der Waals surface area (Å²) in [5, 5.41) is 9.40. The summed E-state index contributed by atoms with van der Waals surface area (Å²) >= 11 is 0. The summed E-state index contributed by atoms with van der Waals surface area (Å²) in [7, 11) is 0. The number of piperidine rings is 1. The summed E-state index contributed by atoms with van der Waals surface area (Å²) in [5.74, 6) is 0.933. The van der Waals surface area contributed by atoms with Crippen molar-refractivity contribution in [2.75, 3.05) is 19.8 Å². The van der Waals surface area contributed by atoms with E-state index in [0.717, 1.165) is 43.5 Å². The van der Waals surface area contributed by atoms with E-state index in [1.165, 1.54) is 0 Å². The predicted molar refractivity (Wildman–Crippen MR) is 71.4 cm³/mol. The number of likely N-dealkylation sites (tertiary alicyclic amines) is 1. The van der Waals surface area contributed by atoms with E-state index in [9.17, 15) is 9.90 Å². The molecule has 1 N–H and O–H groups in total. The zero-order chi connectivity index (χ0) is 13.2. The number of nitrogens with zero attached hydrogens (tertiary/aromatic N) is 1. The van der Waals surface area contributed by atoms with Crippen molar-refractivity contribution in [3.63, 3.8) is 0 Å². The first-order valence-electron chi connectivity index (χ1n) is 6.97. The first-order chi connectivity index (χ1) is 9.29. The molecule has 1 atom stereocenters. The molecule has 2 heterocycles. The minimum absolute atomic E-state index is 0.0224. The average Bonchev–Trinajstić information content (AvgIpc) is 2.93. The predicted octanol–water partition coefficient (Wildman–Crippen LogP) is 1.61. The number of amides is 1. The molecule has 3 rings (SSSR count). The van der Waals surface area contributed by atoms with E-state index in [1.807, 2.05) is 23.1 Å². The third-order valence-corrected chi connectivity index (χ3v) is 4.04. The smallest absolute Gasteiger partial charge is 0.254 e. The van der Waals surface area contributed by atoms with Crippen molar-refractivity contribution in [1.29, 1.82) is 0 Å². The van der Waals surface area contributed by atoms with Crippen LogP contribution in [0.2, 0.25) is 0 Å². The maximum atomic E-state index is 12.5. The SMILES string of the molecule is O=C(c1ccc2c(c1)CCO2)N1CCCCC1CO. The largest absolute Gasteiger partial charge is 0.493 e. The molecule has 1 fully saturated rings. The van der Waals surface area contributed by atoms with Gasteiger partial charge in [0.15, 0.2) is 0 Å². The Hall–Kier alpha value is -1.55. The van der Waals surface area contributed by atoms with Crippen molar-refractivity contribution in [2.24, 2.45) is 0 Å². The highest BCUT2D eigenvalue weighted by molar-refractivity contribution is 5.95. The third-order valence-electron chi connectivity index (χ3n) is 4.04. The Morgan fingerprint density at radius 2 is 2.32 bits per heavy atom. The molecule has 0 radical (unpaired) electrons. The molecule has 1 amide bonds. The minimum Gasteiger partial charge on any atom is -0.493 e. The Kier molecular flexibility index (Phi) is 3.42. The van der Waals surface area contributed by atoms with Crippen LogP contribution in [0.3, 0.4) is 0 Å². The van der Waals surface area contributed by atoms with Crippen molar-refractivity contribution in [3.8, 4) is 5.75 Å². The molecule has 1 unspecified atom stereocenters. The molecule has 0 spiro atoms. The molecule has 4 heteroatoms. The maximum Gasteiger partial charge on any atom is 0.254 e. The highest BCUT2D eigenvalue weighted by Crippen LogP contribution is 2.27. The van der Waals surface area contributed by atoms with Crippen LogP contribution in [-0.2, 0) is 6.42 Å². The lowest BCUT2D eigenvalue weighted by Gasteiger charge is -2.34. The van der Waals surface area contributed by atoms with Gasteiger partial charge in [0, 0.05) is 18.5 Å². The van der Waals surface area contributed by atoms with Crippen molar-refractivity contribution >= 4 is 5.91 Å². The second-order valence-corrected chi connectivity index (χ2v) is 5.25. The van der Waals surface area contributed by atoms with Gasteiger partial charge in [-0.15, -0.1) is 0 Å². The van der Waals surface area contributed by atoms with E-state index < -0.39 is 0 Å². The summed E-state index contributed by atoms with van der Waals surface area (Å²) in [6.07, 6.45) is 3.89. The zero-order valence-corrected chi connectivity index (χ0v) is 11.0. The van der Waals surface area contributed by atoms with E-state index in [0.29, 0.717) is 12.2 Å². The number of carbonyl (C=O) groups is 1. The molecule has 0 saturated carbocycles. The third kappa shape index (κ3) is 2.32. The minimum atomic E-state index is -0.0224. The van der Waals surface area contributed by atoms with Gasteiger partial charge in [-0.25, -0.2) is 0 Å². The Labute approximate surface area is 113 Å². The number of hydrogen-bond acceptors (Lipinski definition) is 3. The van der Waals surface area contributed by atoms with Gasteiger partial charge in [0.25, 0.3) is 5.91 Å². The van der Waals surface area contributed by atoms with E-state index in [1.54, 1.807) is 0 Å². The topological polar surface area (TPSA) is 49.8 Å². The fraction of sp³-hybridized carbons (Fsp3) is 0.533. The van der Waals surface area contributed by atoms with Gasteiger partial charge in [0.1, 0.15) is 5.75 Å². The summed E-state index contributed by atoms with van der Waals surface area (Å²) in [5.41, 5.74) is 1.83. The van der Waals surface area contributed by atoms with Gasteiger partial charge in [0.05, 0.1) is 19.3 Å². The lowest BCUT2D eigenvalue weighted by atomic mass is 10.0. The molecule has 0 aliphatic carbocycles. The molecule has 1 aromatic rings. The molecule has 2 aliphatic heterocycles. The van der Waals surface area contributed by atoms with Crippen molar-refractivity contribution in [1.82, 2.24) is 4.90 Å². The Balaban J connectivity index is 1.82. The molecule has 0 bridgehead atoms. The van der Waals surface area contributed by atoms with Crippen LogP contribution in [0.4, 0.5) is 0 Å².